The number of rotatable bonds is 10. The minimum Gasteiger partial charge on any atom is -0.454 e. The molecule has 0 amide bonds. The van der Waals surface area contributed by atoms with E-state index in [9.17, 15) is 4.79 Å². The van der Waals surface area contributed by atoms with E-state index >= 15 is 0 Å². The van der Waals surface area contributed by atoms with E-state index in [4.69, 9.17) is 46.9 Å². The Kier molecular flexibility index (Phi) is 8.45. The fraction of sp³-hybridized carbons (Fsp3) is 0.345. The summed E-state index contributed by atoms with van der Waals surface area (Å²) in [6, 6.07) is 29.4. The fourth-order valence-corrected chi connectivity index (χ4v) is 5.02. The largest absolute Gasteiger partial charge is 0.454 e. The SMILES string of the molecule is O=C1O[C@@H]2[C@@H](OCc3ccccc3)[C@H](OCc3ccccc3)[C@@H](COCc3ccccc3)O[C@@H]2C1(Cl)Cl. The standard InChI is InChI=1S/C29H28Cl2O6/c30-29(31)27-26(37-28(29)32)25(35-18-22-14-8-3-9-15-22)24(34-17-21-12-6-2-7-13-21)23(36-27)19-33-16-20-10-4-1-5-11-20/h1-15,23-27H,16-19H2/t23-,24-,25+,26-,27+/m1/s1. The second kappa shape index (κ2) is 11.9. The number of halogens is 2. The minimum atomic E-state index is -1.86. The predicted molar refractivity (Wildman–Crippen MR) is 139 cm³/mol. The van der Waals surface area contributed by atoms with Gasteiger partial charge in [-0.15, -0.1) is 0 Å². The first-order valence-corrected chi connectivity index (χ1v) is 12.9. The number of carbonyl (C=O) groups excluding carboxylic acids is 1. The van der Waals surface area contributed by atoms with Crippen LogP contribution in [-0.2, 0) is 48.3 Å². The lowest BCUT2D eigenvalue weighted by Gasteiger charge is -2.43. The Bertz CT molecular complexity index is 1140. The molecule has 0 aromatic heterocycles. The van der Waals surface area contributed by atoms with E-state index < -0.39 is 40.8 Å². The van der Waals surface area contributed by atoms with Gasteiger partial charge < -0.3 is 23.7 Å². The van der Waals surface area contributed by atoms with E-state index in [1.54, 1.807) is 0 Å². The van der Waals surface area contributed by atoms with Crippen LogP contribution in [0.4, 0.5) is 0 Å². The molecule has 5 rings (SSSR count). The van der Waals surface area contributed by atoms with Crippen molar-refractivity contribution >= 4 is 29.2 Å². The lowest BCUT2D eigenvalue weighted by molar-refractivity contribution is -0.250. The smallest absolute Gasteiger partial charge is 0.346 e. The predicted octanol–water partition coefficient (Wildman–Crippen LogP) is 5.24. The molecule has 0 spiro atoms. The molecule has 2 aliphatic rings. The van der Waals surface area contributed by atoms with Gasteiger partial charge in [-0.05, 0) is 16.7 Å². The highest BCUT2D eigenvalue weighted by atomic mass is 35.5. The second-order valence-corrected chi connectivity index (χ2v) is 10.5. The third-order valence-electron chi connectivity index (χ3n) is 6.47. The molecule has 0 radical (unpaired) electrons. The third kappa shape index (κ3) is 6.17. The summed E-state index contributed by atoms with van der Waals surface area (Å²) in [5.74, 6) is -0.758. The average Bonchev–Trinajstić information content (AvgIpc) is 3.15. The molecule has 37 heavy (non-hydrogen) atoms. The zero-order valence-corrected chi connectivity index (χ0v) is 21.6. The molecule has 194 valence electrons. The van der Waals surface area contributed by atoms with Crippen molar-refractivity contribution in [1.82, 2.24) is 0 Å². The van der Waals surface area contributed by atoms with Crippen LogP contribution in [-0.4, -0.2) is 47.4 Å². The van der Waals surface area contributed by atoms with Crippen LogP contribution >= 0.6 is 23.2 Å². The van der Waals surface area contributed by atoms with Crippen molar-refractivity contribution in [1.29, 1.82) is 0 Å². The number of hydrogen-bond donors (Lipinski definition) is 0. The maximum Gasteiger partial charge on any atom is 0.346 e. The normalized spacial score (nSPS) is 26.4. The van der Waals surface area contributed by atoms with Crippen LogP contribution in [0.25, 0.3) is 0 Å². The number of carbonyl (C=O) groups is 1. The number of fused-ring (bicyclic) bond motifs is 1. The summed E-state index contributed by atoms with van der Waals surface area (Å²) in [5, 5.41) is 0. The molecule has 3 aromatic rings. The summed E-state index contributed by atoms with van der Waals surface area (Å²) >= 11 is 12.8. The third-order valence-corrected chi connectivity index (χ3v) is 7.21. The average molecular weight is 543 g/mol. The van der Waals surface area contributed by atoms with Crippen LogP contribution in [0.1, 0.15) is 16.7 Å². The van der Waals surface area contributed by atoms with E-state index in [1.807, 2.05) is 91.0 Å². The maximum absolute atomic E-state index is 12.6. The first-order valence-electron chi connectivity index (χ1n) is 12.2. The summed E-state index contributed by atoms with van der Waals surface area (Å²) in [6.45, 7) is 1.17. The van der Waals surface area contributed by atoms with E-state index in [0.29, 0.717) is 13.2 Å². The van der Waals surface area contributed by atoms with Crippen molar-refractivity contribution in [2.75, 3.05) is 6.61 Å². The van der Waals surface area contributed by atoms with Gasteiger partial charge in [0.15, 0.2) is 6.10 Å². The van der Waals surface area contributed by atoms with Crippen molar-refractivity contribution in [2.24, 2.45) is 0 Å². The van der Waals surface area contributed by atoms with Gasteiger partial charge in [0.25, 0.3) is 0 Å². The zero-order chi connectivity index (χ0) is 25.7. The highest BCUT2D eigenvalue weighted by Crippen LogP contribution is 2.45. The molecule has 8 heteroatoms. The first-order chi connectivity index (χ1) is 18.0. The van der Waals surface area contributed by atoms with Crippen LogP contribution in [0.5, 0.6) is 0 Å². The topological polar surface area (TPSA) is 63.2 Å². The first kappa shape index (κ1) is 26.2. The fourth-order valence-electron chi connectivity index (χ4n) is 4.58. The van der Waals surface area contributed by atoms with E-state index in [-0.39, 0.29) is 13.2 Å². The molecule has 0 saturated carbocycles. The number of alkyl halides is 2. The van der Waals surface area contributed by atoms with E-state index in [0.717, 1.165) is 16.7 Å². The quantitative estimate of drug-likeness (QED) is 0.258. The minimum absolute atomic E-state index is 0.181. The lowest BCUT2D eigenvalue weighted by Crippen LogP contribution is -2.61. The monoisotopic (exact) mass is 542 g/mol. The Morgan fingerprint density at radius 1 is 0.703 bits per heavy atom. The van der Waals surface area contributed by atoms with Gasteiger partial charge in [0.1, 0.15) is 24.4 Å². The van der Waals surface area contributed by atoms with Crippen molar-refractivity contribution < 1.29 is 28.5 Å². The van der Waals surface area contributed by atoms with Gasteiger partial charge in [0.05, 0.1) is 26.4 Å². The molecular weight excluding hydrogens is 515 g/mol. The molecule has 0 N–H and O–H groups in total. The number of hydrogen-bond acceptors (Lipinski definition) is 6. The lowest BCUT2D eigenvalue weighted by atomic mass is 9.94. The Labute approximate surface area is 226 Å². The van der Waals surface area contributed by atoms with Gasteiger partial charge in [-0.3, -0.25) is 0 Å². The van der Waals surface area contributed by atoms with Gasteiger partial charge in [-0.1, -0.05) is 114 Å². The Hall–Kier alpha value is -2.45. The summed E-state index contributed by atoms with van der Waals surface area (Å²) < 4.78 is 28.8. The Morgan fingerprint density at radius 2 is 1.19 bits per heavy atom. The number of esters is 1. The van der Waals surface area contributed by atoms with Crippen LogP contribution in [0.2, 0.25) is 0 Å². The van der Waals surface area contributed by atoms with Crippen molar-refractivity contribution in [3.63, 3.8) is 0 Å². The summed E-state index contributed by atoms with van der Waals surface area (Å²) in [6.07, 6.45) is -3.68. The van der Waals surface area contributed by atoms with Gasteiger partial charge in [0.2, 0.25) is 4.33 Å². The van der Waals surface area contributed by atoms with Crippen molar-refractivity contribution in [3.05, 3.63) is 108 Å². The van der Waals surface area contributed by atoms with Crippen LogP contribution in [0.15, 0.2) is 91.0 Å². The van der Waals surface area contributed by atoms with E-state index in [2.05, 4.69) is 0 Å². The zero-order valence-electron chi connectivity index (χ0n) is 20.1. The highest BCUT2D eigenvalue weighted by molar-refractivity contribution is 6.58. The highest BCUT2D eigenvalue weighted by Gasteiger charge is 2.64. The molecule has 2 fully saturated rings. The van der Waals surface area contributed by atoms with E-state index in [1.165, 1.54) is 0 Å². The molecule has 6 nitrogen and oxygen atoms in total. The maximum atomic E-state index is 12.6. The van der Waals surface area contributed by atoms with Gasteiger partial charge in [-0.25, -0.2) is 4.79 Å². The van der Waals surface area contributed by atoms with Gasteiger partial charge in [-0.2, -0.15) is 0 Å². The number of ether oxygens (including phenoxy) is 5. The molecule has 0 bridgehead atoms. The van der Waals surface area contributed by atoms with Crippen LogP contribution in [0, 0.1) is 0 Å². The van der Waals surface area contributed by atoms with Crippen LogP contribution < -0.4 is 0 Å². The second-order valence-electron chi connectivity index (χ2n) is 9.11. The molecule has 0 aliphatic carbocycles. The van der Waals surface area contributed by atoms with Crippen molar-refractivity contribution in [2.45, 2.75) is 54.7 Å². The van der Waals surface area contributed by atoms with Gasteiger partial charge >= 0.3 is 5.97 Å². The molecule has 0 unspecified atom stereocenters. The summed E-state index contributed by atoms with van der Waals surface area (Å²) in [7, 11) is 0. The molecule has 2 saturated heterocycles. The van der Waals surface area contributed by atoms with Crippen LogP contribution in [0.3, 0.4) is 0 Å². The molecule has 2 aliphatic heterocycles. The molecule has 3 aromatic carbocycles. The van der Waals surface area contributed by atoms with Gasteiger partial charge in [0, 0.05) is 0 Å². The molecular formula is C29H28Cl2O6. The summed E-state index contributed by atoms with van der Waals surface area (Å²) in [5.41, 5.74) is 2.98. The molecule has 5 atom stereocenters. The Morgan fingerprint density at radius 3 is 1.73 bits per heavy atom. The summed E-state index contributed by atoms with van der Waals surface area (Å²) in [4.78, 5) is 12.6. The number of benzene rings is 3. The molecule has 2 heterocycles. The Balaban J connectivity index is 1.39. The van der Waals surface area contributed by atoms with Crippen molar-refractivity contribution in [3.8, 4) is 0 Å².